The molecule has 0 amide bonds. The fourth-order valence-corrected chi connectivity index (χ4v) is 5.87. The Morgan fingerprint density at radius 3 is 2.67 bits per heavy atom. The van der Waals surface area contributed by atoms with Crippen LogP contribution in [-0.2, 0) is 9.53 Å². The van der Waals surface area contributed by atoms with Gasteiger partial charge < -0.3 is 9.84 Å². The number of ether oxygens (including phenoxy) is 1. The summed E-state index contributed by atoms with van der Waals surface area (Å²) in [6.45, 7) is 7.03. The van der Waals surface area contributed by atoms with E-state index in [0.29, 0.717) is 17.9 Å². The highest BCUT2D eigenvalue weighted by Gasteiger charge is 2.87. The van der Waals surface area contributed by atoms with Crippen molar-refractivity contribution >= 4 is 5.97 Å². The molecule has 1 N–H and O–H groups in total. The summed E-state index contributed by atoms with van der Waals surface area (Å²) < 4.78 is 5.30. The molecule has 3 saturated carbocycles. The van der Waals surface area contributed by atoms with Crippen LogP contribution in [0.4, 0.5) is 0 Å². The SMILES string of the molecule is CC1(C)C[C@H]2C[C@@]34COC(=O)[C@@]3(C4)[C@](C)(O)[C@H]2C1. The van der Waals surface area contributed by atoms with Gasteiger partial charge in [-0.2, -0.15) is 0 Å². The molecule has 0 bridgehead atoms. The number of cyclic esters (lactones) is 1. The van der Waals surface area contributed by atoms with Gasteiger partial charge in [-0.3, -0.25) is 4.79 Å². The molecule has 4 fully saturated rings. The molecule has 4 rings (SSSR count). The number of hydrogen-bond donors (Lipinski definition) is 1. The van der Waals surface area contributed by atoms with Gasteiger partial charge in [0.1, 0.15) is 5.41 Å². The van der Waals surface area contributed by atoms with Gasteiger partial charge >= 0.3 is 5.97 Å². The van der Waals surface area contributed by atoms with Gasteiger partial charge in [0.15, 0.2) is 0 Å². The van der Waals surface area contributed by atoms with E-state index < -0.39 is 11.0 Å². The highest BCUT2D eigenvalue weighted by atomic mass is 16.5. The average molecular weight is 250 g/mol. The topological polar surface area (TPSA) is 46.5 Å². The summed E-state index contributed by atoms with van der Waals surface area (Å²) in [4.78, 5) is 12.2. The molecule has 0 aromatic heterocycles. The van der Waals surface area contributed by atoms with Crippen molar-refractivity contribution in [2.24, 2.45) is 28.1 Å². The smallest absolute Gasteiger partial charge is 0.315 e. The van der Waals surface area contributed by atoms with Gasteiger partial charge in [-0.1, -0.05) is 13.8 Å². The van der Waals surface area contributed by atoms with Crippen LogP contribution in [-0.4, -0.2) is 23.3 Å². The molecule has 0 unspecified atom stereocenters. The maximum Gasteiger partial charge on any atom is 0.315 e. The average Bonchev–Trinajstić information content (AvgIpc) is 2.71. The van der Waals surface area contributed by atoms with Crippen molar-refractivity contribution in [1.82, 2.24) is 0 Å². The van der Waals surface area contributed by atoms with Crippen LogP contribution in [0.2, 0.25) is 0 Å². The zero-order chi connectivity index (χ0) is 13.0. The van der Waals surface area contributed by atoms with Crippen LogP contribution in [0.15, 0.2) is 0 Å². The second-order valence-electron chi connectivity index (χ2n) is 8.23. The standard InChI is InChI=1S/C15H22O3/c1-12(2)4-9-5-14-7-15(14,11(16)18-8-14)13(3,17)10(9)6-12/h9-10,17H,4-8H2,1-3H3/t9-,10-,13+,14+,15-/m0/s1. The number of hydrogen-bond acceptors (Lipinski definition) is 3. The van der Waals surface area contributed by atoms with Crippen molar-refractivity contribution < 1.29 is 14.6 Å². The first-order valence-corrected chi connectivity index (χ1v) is 7.14. The van der Waals surface area contributed by atoms with Crippen LogP contribution in [0.3, 0.4) is 0 Å². The molecule has 1 heterocycles. The van der Waals surface area contributed by atoms with Crippen LogP contribution >= 0.6 is 0 Å². The molecule has 18 heavy (non-hydrogen) atoms. The minimum atomic E-state index is -0.864. The Bertz CT molecular complexity index is 453. The molecule has 3 aliphatic carbocycles. The molecular weight excluding hydrogens is 228 g/mol. The molecule has 0 aromatic carbocycles. The Labute approximate surface area is 108 Å². The summed E-state index contributed by atoms with van der Waals surface area (Å²) in [6.07, 6.45) is 4.16. The number of esters is 1. The third-order valence-corrected chi connectivity index (χ3v) is 6.61. The van der Waals surface area contributed by atoms with Crippen molar-refractivity contribution in [2.45, 2.75) is 52.1 Å². The maximum atomic E-state index is 12.2. The lowest BCUT2D eigenvalue weighted by atomic mass is 9.61. The highest BCUT2D eigenvalue weighted by molar-refractivity contribution is 5.87. The van der Waals surface area contributed by atoms with Gasteiger partial charge in [0.2, 0.25) is 0 Å². The molecular formula is C15H22O3. The van der Waals surface area contributed by atoms with E-state index in [9.17, 15) is 9.90 Å². The third-order valence-electron chi connectivity index (χ3n) is 6.61. The predicted octanol–water partition coefficient (Wildman–Crippen LogP) is 2.13. The number of carbonyl (C=O) groups is 1. The van der Waals surface area contributed by atoms with Gasteiger partial charge in [-0.05, 0) is 49.9 Å². The van der Waals surface area contributed by atoms with E-state index in [2.05, 4.69) is 13.8 Å². The second kappa shape index (κ2) is 2.65. The first-order valence-electron chi connectivity index (χ1n) is 7.14. The Morgan fingerprint density at radius 2 is 1.94 bits per heavy atom. The lowest BCUT2D eigenvalue weighted by Crippen LogP contribution is -2.53. The highest BCUT2D eigenvalue weighted by Crippen LogP contribution is 2.81. The van der Waals surface area contributed by atoms with Crippen molar-refractivity contribution in [1.29, 1.82) is 0 Å². The molecule has 100 valence electrons. The summed E-state index contributed by atoms with van der Waals surface area (Å²) in [5.74, 6) is 0.713. The van der Waals surface area contributed by atoms with Crippen molar-refractivity contribution in [3.63, 3.8) is 0 Å². The summed E-state index contributed by atoms with van der Waals surface area (Å²) in [7, 11) is 0. The molecule has 1 aliphatic heterocycles. The summed E-state index contributed by atoms with van der Waals surface area (Å²) in [5, 5.41) is 11.1. The van der Waals surface area contributed by atoms with Gasteiger partial charge in [0.05, 0.1) is 12.2 Å². The fraction of sp³-hybridized carbons (Fsp3) is 0.933. The van der Waals surface area contributed by atoms with E-state index in [1.165, 1.54) is 6.42 Å². The largest absolute Gasteiger partial charge is 0.465 e. The number of carbonyl (C=O) groups excluding carboxylic acids is 1. The Hall–Kier alpha value is -0.570. The van der Waals surface area contributed by atoms with E-state index >= 15 is 0 Å². The van der Waals surface area contributed by atoms with Crippen LogP contribution in [0.1, 0.15) is 46.5 Å². The quantitative estimate of drug-likeness (QED) is 0.670. The van der Waals surface area contributed by atoms with Crippen molar-refractivity contribution in [3.05, 3.63) is 0 Å². The van der Waals surface area contributed by atoms with E-state index in [4.69, 9.17) is 4.74 Å². The Balaban J connectivity index is 1.80. The molecule has 3 nitrogen and oxygen atoms in total. The molecule has 5 atom stereocenters. The zero-order valence-electron chi connectivity index (χ0n) is 11.5. The minimum absolute atomic E-state index is 0.0187. The van der Waals surface area contributed by atoms with E-state index in [-0.39, 0.29) is 17.3 Å². The van der Waals surface area contributed by atoms with Crippen LogP contribution in [0.5, 0.6) is 0 Å². The maximum absolute atomic E-state index is 12.2. The molecule has 3 heteroatoms. The van der Waals surface area contributed by atoms with Crippen molar-refractivity contribution in [3.8, 4) is 0 Å². The monoisotopic (exact) mass is 250 g/mol. The summed E-state index contributed by atoms with van der Waals surface area (Å²) in [5.41, 5.74) is -1.13. The van der Waals surface area contributed by atoms with Crippen LogP contribution in [0, 0.1) is 28.1 Å². The third kappa shape index (κ3) is 0.941. The minimum Gasteiger partial charge on any atom is -0.465 e. The zero-order valence-corrected chi connectivity index (χ0v) is 11.5. The normalized spacial score (nSPS) is 59.7. The first kappa shape index (κ1) is 11.3. The second-order valence-corrected chi connectivity index (χ2v) is 8.23. The van der Waals surface area contributed by atoms with Gasteiger partial charge in [0.25, 0.3) is 0 Å². The number of aliphatic hydroxyl groups is 1. The Morgan fingerprint density at radius 1 is 1.22 bits per heavy atom. The molecule has 0 radical (unpaired) electrons. The van der Waals surface area contributed by atoms with Crippen LogP contribution in [0.25, 0.3) is 0 Å². The fourth-order valence-electron chi connectivity index (χ4n) is 5.87. The lowest BCUT2D eigenvalue weighted by Gasteiger charge is -2.44. The number of fused-ring (bicyclic) bond motifs is 1. The first-order chi connectivity index (χ1) is 8.24. The van der Waals surface area contributed by atoms with E-state index in [1.54, 1.807) is 0 Å². The molecule has 0 aromatic rings. The van der Waals surface area contributed by atoms with E-state index in [1.807, 2.05) is 6.92 Å². The molecule has 0 spiro atoms. The predicted molar refractivity (Wildman–Crippen MR) is 65.7 cm³/mol. The van der Waals surface area contributed by atoms with E-state index in [0.717, 1.165) is 19.3 Å². The van der Waals surface area contributed by atoms with Gasteiger partial charge in [-0.25, -0.2) is 0 Å². The molecule has 4 aliphatic rings. The summed E-state index contributed by atoms with van der Waals surface area (Å²) in [6, 6.07) is 0. The van der Waals surface area contributed by atoms with Crippen molar-refractivity contribution in [2.75, 3.05) is 6.61 Å². The lowest BCUT2D eigenvalue weighted by molar-refractivity contribution is -0.163. The van der Waals surface area contributed by atoms with Crippen LogP contribution < -0.4 is 0 Å². The molecule has 1 saturated heterocycles. The van der Waals surface area contributed by atoms with Gasteiger partial charge in [-0.15, -0.1) is 0 Å². The number of rotatable bonds is 0. The Kier molecular flexibility index (Phi) is 1.66. The summed E-state index contributed by atoms with van der Waals surface area (Å²) >= 11 is 0. The van der Waals surface area contributed by atoms with Gasteiger partial charge in [0, 0.05) is 5.41 Å².